The zero-order valence-electron chi connectivity index (χ0n) is 21.8. The normalized spacial score (nSPS) is 11.2. The second-order valence-electron chi connectivity index (χ2n) is 8.97. The van der Waals surface area contributed by atoms with E-state index in [2.05, 4.69) is 67.5 Å². The Morgan fingerprint density at radius 1 is 1.00 bits per heavy atom. The van der Waals surface area contributed by atoms with Gasteiger partial charge < -0.3 is 14.6 Å². The third-order valence-corrected chi connectivity index (χ3v) is 7.54. The minimum Gasteiger partial charge on any atom is -0.459 e. The van der Waals surface area contributed by atoms with E-state index < -0.39 is 0 Å². The molecule has 0 atom stereocenters. The van der Waals surface area contributed by atoms with Crippen LogP contribution in [0.15, 0.2) is 62.9 Å². The molecule has 4 aromatic rings. The summed E-state index contributed by atoms with van der Waals surface area (Å²) in [6.07, 6.45) is 4.84. The molecule has 0 aliphatic carbocycles. The van der Waals surface area contributed by atoms with Crippen LogP contribution in [0.5, 0.6) is 0 Å². The molecule has 2 heterocycles. The molecule has 188 valence electrons. The van der Waals surface area contributed by atoms with E-state index in [1.54, 1.807) is 11.8 Å². The molecule has 36 heavy (non-hydrogen) atoms. The number of hydrogen-bond donors (Lipinski definition) is 1. The van der Waals surface area contributed by atoms with Gasteiger partial charge in [0.25, 0.3) is 0 Å². The second kappa shape index (κ2) is 11.4. The molecule has 1 N–H and O–H groups in total. The van der Waals surface area contributed by atoms with Crippen LogP contribution in [0, 0.1) is 20.8 Å². The van der Waals surface area contributed by atoms with Gasteiger partial charge in [-0.2, -0.15) is 0 Å². The van der Waals surface area contributed by atoms with Crippen LogP contribution in [0.4, 0.5) is 10.5 Å². The number of nitrogens with zero attached hydrogens (tertiary/aromatic N) is 2. The lowest BCUT2D eigenvalue weighted by Crippen LogP contribution is -2.35. The van der Waals surface area contributed by atoms with Crippen molar-refractivity contribution in [3.8, 4) is 11.1 Å². The average molecular weight is 520 g/mol. The van der Waals surface area contributed by atoms with Crippen molar-refractivity contribution in [2.75, 3.05) is 24.4 Å². The molecule has 0 saturated carbocycles. The Morgan fingerprint density at radius 3 is 2.39 bits per heavy atom. The summed E-state index contributed by atoms with van der Waals surface area (Å²) in [5.41, 5.74) is 7.06. The molecule has 2 amide bonds. The van der Waals surface area contributed by atoms with E-state index in [-0.39, 0.29) is 6.03 Å². The number of amides is 2. The Labute approximate surface area is 222 Å². The molecular weight excluding hydrogens is 486 g/mol. The number of fused-ring (bicyclic) bond motifs is 1. The largest absolute Gasteiger partial charge is 0.459 e. The number of carbonyl (C=O) groups excluding carboxylic acids is 1. The smallest absolute Gasteiger partial charge is 0.322 e. The fourth-order valence-corrected chi connectivity index (χ4v) is 5.64. The first-order chi connectivity index (χ1) is 17.3. The average Bonchev–Trinajstić information content (AvgIpc) is 3.21. The van der Waals surface area contributed by atoms with Crippen molar-refractivity contribution >= 4 is 46.2 Å². The van der Waals surface area contributed by atoms with Crippen LogP contribution in [0.2, 0.25) is 0 Å². The monoisotopic (exact) mass is 519 g/mol. The lowest BCUT2D eigenvalue weighted by Gasteiger charge is -2.23. The Bertz CT molecular complexity index is 1350. The SMILES string of the molecule is CCCN(Cc1oc2ccc(C)cc2c1-c1ccc(C)cc1)C(=O)Nc1c(SC)cc(C)nc1SC. The highest BCUT2D eigenvalue weighted by atomic mass is 32.2. The molecule has 7 heteroatoms. The number of aryl methyl sites for hydroxylation is 3. The Morgan fingerprint density at radius 2 is 1.72 bits per heavy atom. The van der Waals surface area contributed by atoms with Gasteiger partial charge in [0.2, 0.25) is 0 Å². The van der Waals surface area contributed by atoms with Crippen LogP contribution in [-0.2, 0) is 6.54 Å². The van der Waals surface area contributed by atoms with Gasteiger partial charge in [0.15, 0.2) is 0 Å². The number of benzene rings is 2. The van der Waals surface area contributed by atoms with E-state index in [1.165, 1.54) is 22.9 Å². The maximum Gasteiger partial charge on any atom is 0.322 e. The first-order valence-corrected chi connectivity index (χ1v) is 14.5. The molecule has 0 fully saturated rings. The number of furan rings is 1. The highest BCUT2D eigenvalue weighted by molar-refractivity contribution is 7.99. The molecule has 0 aliphatic heterocycles. The van der Waals surface area contributed by atoms with Crippen LogP contribution in [-0.4, -0.2) is 35.0 Å². The third-order valence-electron chi connectivity index (χ3n) is 6.10. The maximum atomic E-state index is 13.6. The standard InChI is InChI=1S/C29H33N3O2S2/c1-7-14-32(29(33)31-27-25(35-5)16-20(4)30-28(27)36-6)17-24-26(21-11-8-18(2)9-12-21)22-15-19(3)10-13-23(22)34-24/h8-13,15-16H,7,14,17H2,1-6H3,(H,31,33). The number of aromatic nitrogens is 1. The molecule has 0 spiro atoms. The van der Waals surface area contributed by atoms with E-state index in [4.69, 9.17) is 4.42 Å². The van der Waals surface area contributed by atoms with Crippen molar-refractivity contribution in [3.05, 3.63) is 71.1 Å². The Hall–Kier alpha value is -2.90. The van der Waals surface area contributed by atoms with Gasteiger partial charge in [0.1, 0.15) is 16.4 Å². The lowest BCUT2D eigenvalue weighted by molar-refractivity contribution is 0.204. The van der Waals surface area contributed by atoms with Crippen LogP contribution in [0.25, 0.3) is 22.1 Å². The van der Waals surface area contributed by atoms with Crippen LogP contribution < -0.4 is 5.32 Å². The molecule has 0 saturated heterocycles. The molecule has 0 aliphatic rings. The quantitative estimate of drug-likeness (QED) is 0.237. The van der Waals surface area contributed by atoms with E-state index in [0.29, 0.717) is 13.1 Å². The lowest BCUT2D eigenvalue weighted by atomic mass is 9.99. The molecule has 0 bridgehead atoms. The minimum absolute atomic E-state index is 0.153. The van der Waals surface area contributed by atoms with Crippen molar-refractivity contribution in [3.63, 3.8) is 0 Å². The van der Waals surface area contributed by atoms with Crippen molar-refractivity contribution in [1.29, 1.82) is 0 Å². The number of carbonyl (C=O) groups is 1. The minimum atomic E-state index is -0.153. The maximum absolute atomic E-state index is 13.6. The summed E-state index contributed by atoms with van der Waals surface area (Å²) in [7, 11) is 0. The Balaban J connectivity index is 1.73. The van der Waals surface area contributed by atoms with Gasteiger partial charge in [-0.3, -0.25) is 0 Å². The number of urea groups is 1. The highest BCUT2D eigenvalue weighted by Gasteiger charge is 2.23. The first kappa shape index (κ1) is 26.2. The summed E-state index contributed by atoms with van der Waals surface area (Å²) >= 11 is 3.15. The van der Waals surface area contributed by atoms with Crippen molar-refractivity contribution < 1.29 is 9.21 Å². The predicted octanol–water partition coefficient (Wildman–Crippen LogP) is 8.31. The van der Waals surface area contributed by atoms with Gasteiger partial charge in [-0.25, -0.2) is 9.78 Å². The zero-order chi connectivity index (χ0) is 25.8. The number of thioether (sulfide) groups is 2. The summed E-state index contributed by atoms with van der Waals surface area (Å²) in [5.74, 6) is 0.792. The van der Waals surface area contributed by atoms with E-state index in [0.717, 1.165) is 55.6 Å². The third kappa shape index (κ3) is 5.57. The van der Waals surface area contributed by atoms with E-state index in [1.807, 2.05) is 36.5 Å². The van der Waals surface area contributed by atoms with Crippen molar-refractivity contribution in [1.82, 2.24) is 9.88 Å². The zero-order valence-corrected chi connectivity index (χ0v) is 23.4. The predicted molar refractivity (Wildman–Crippen MR) is 153 cm³/mol. The van der Waals surface area contributed by atoms with Crippen molar-refractivity contribution in [2.24, 2.45) is 0 Å². The molecule has 2 aromatic heterocycles. The molecule has 0 radical (unpaired) electrons. The molecule has 0 unspecified atom stereocenters. The van der Waals surface area contributed by atoms with E-state index in [9.17, 15) is 4.79 Å². The summed E-state index contributed by atoms with van der Waals surface area (Å²) in [6.45, 7) is 9.21. The summed E-state index contributed by atoms with van der Waals surface area (Å²) in [6, 6.07) is 16.6. The number of nitrogens with one attached hydrogen (secondary N) is 1. The number of anilines is 1. The van der Waals surface area contributed by atoms with Gasteiger partial charge in [-0.1, -0.05) is 48.4 Å². The van der Waals surface area contributed by atoms with Crippen LogP contribution in [0.3, 0.4) is 0 Å². The molecular formula is C29H33N3O2S2. The number of rotatable bonds is 8. The van der Waals surface area contributed by atoms with Gasteiger partial charge >= 0.3 is 6.03 Å². The fourth-order valence-electron chi connectivity index (χ4n) is 4.33. The molecule has 4 rings (SSSR count). The topological polar surface area (TPSA) is 58.4 Å². The van der Waals surface area contributed by atoms with Crippen molar-refractivity contribution in [2.45, 2.75) is 50.6 Å². The van der Waals surface area contributed by atoms with Gasteiger partial charge in [-0.05, 0) is 63.5 Å². The molecule has 5 nitrogen and oxygen atoms in total. The van der Waals surface area contributed by atoms with E-state index >= 15 is 0 Å². The Kier molecular flexibility index (Phi) is 8.32. The first-order valence-electron chi connectivity index (χ1n) is 12.1. The van der Waals surface area contributed by atoms with Crippen LogP contribution in [0.1, 0.15) is 35.9 Å². The summed E-state index contributed by atoms with van der Waals surface area (Å²) < 4.78 is 6.38. The molecule has 2 aromatic carbocycles. The fraction of sp³-hybridized carbons (Fsp3) is 0.310. The van der Waals surface area contributed by atoms with Gasteiger partial charge in [0.05, 0.1) is 12.2 Å². The van der Waals surface area contributed by atoms with Crippen LogP contribution >= 0.6 is 23.5 Å². The summed E-state index contributed by atoms with van der Waals surface area (Å²) in [5, 5.41) is 5.06. The van der Waals surface area contributed by atoms with Gasteiger partial charge in [-0.15, -0.1) is 23.5 Å². The van der Waals surface area contributed by atoms with Gasteiger partial charge in [0, 0.05) is 28.1 Å². The second-order valence-corrected chi connectivity index (χ2v) is 10.6. The number of pyridine rings is 1. The highest BCUT2D eigenvalue weighted by Crippen LogP contribution is 2.37. The number of hydrogen-bond acceptors (Lipinski definition) is 5. The summed E-state index contributed by atoms with van der Waals surface area (Å²) in [4.78, 5) is 21.1.